The third kappa shape index (κ3) is 5.24. The SMILES string of the molecule is CS(=O)(=O)NC1CCN(C(=O)C2CCC2)C1CO[C@H]1CC[C@@H](c2ccccc2)CC1. The van der Waals surface area contributed by atoms with E-state index in [2.05, 4.69) is 35.1 Å². The van der Waals surface area contributed by atoms with Gasteiger partial charge in [0.2, 0.25) is 15.9 Å². The smallest absolute Gasteiger partial charge is 0.226 e. The largest absolute Gasteiger partial charge is 0.376 e. The second-order valence-electron chi connectivity index (χ2n) is 9.23. The molecule has 7 heteroatoms. The van der Waals surface area contributed by atoms with Gasteiger partial charge in [0.1, 0.15) is 0 Å². The van der Waals surface area contributed by atoms with Crippen molar-refractivity contribution in [3.63, 3.8) is 0 Å². The Balaban J connectivity index is 1.34. The van der Waals surface area contributed by atoms with E-state index < -0.39 is 10.0 Å². The first-order valence-corrected chi connectivity index (χ1v) is 13.2. The number of hydrogen-bond donors (Lipinski definition) is 1. The summed E-state index contributed by atoms with van der Waals surface area (Å²) in [6, 6.07) is 10.2. The number of amides is 1. The van der Waals surface area contributed by atoms with E-state index in [-0.39, 0.29) is 30.0 Å². The predicted octanol–water partition coefficient (Wildman–Crippen LogP) is 3.05. The van der Waals surface area contributed by atoms with Crippen LogP contribution in [0.4, 0.5) is 0 Å². The number of hydrogen-bond acceptors (Lipinski definition) is 4. The van der Waals surface area contributed by atoms with Crippen molar-refractivity contribution in [2.75, 3.05) is 19.4 Å². The number of likely N-dealkylation sites (tertiary alicyclic amines) is 1. The lowest BCUT2D eigenvalue weighted by Crippen LogP contribution is -2.51. The highest BCUT2D eigenvalue weighted by molar-refractivity contribution is 7.88. The summed E-state index contributed by atoms with van der Waals surface area (Å²) in [6.45, 7) is 1.02. The molecule has 1 aromatic carbocycles. The van der Waals surface area contributed by atoms with Gasteiger partial charge in [-0.2, -0.15) is 0 Å². The molecule has 30 heavy (non-hydrogen) atoms. The fourth-order valence-electron chi connectivity index (χ4n) is 5.16. The van der Waals surface area contributed by atoms with Crippen molar-refractivity contribution in [2.45, 2.75) is 75.5 Å². The van der Waals surface area contributed by atoms with Crippen LogP contribution in [0.2, 0.25) is 0 Å². The molecule has 3 fully saturated rings. The van der Waals surface area contributed by atoms with Gasteiger partial charge >= 0.3 is 0 Å². The van der Waals surface area contributed by atoms with Crippen molar-refractivity contribution >= 4 is 15.9 Å². The molecule has 1 N–H and O–H groups in total. The normalized spacial score (nSPS) is 30.2. The van der Waals surface area contributed by atoms with Gasteiger partial charge in [-0.1, -0.05) is 36.8 Å². The first kappa shape index (κ1) is 21.8. The fourth-order valence-corrected chi connectivity index (χ4v) is 5.98. The van der Waals surface area contributed by atoms with E-state index in [1.165, 1.54) is 11.8 Å². The fraction of sp³-hybridized carbons (Fsp3) is 0.696. The van der Waals surface area contributed by atoms with Gasteiger partial charge in [0, 0.05) is 18.5 Å². The molecular formula is C23H34N2O4S. The van der Waals surface area contributed by atoms with Crippen molar-refractivity contribution in [1.29, 1.82) is 0 Å². The molecule has 166 valence electrons. The quantitative estimate of drug-likeness (QED) is 0.716. The molecule has 4 rings (SSSR count). The maximum Gasteiger partial charge on any atom is 0.226 e. The topological polar surface area (TPSA) is 75.7 Å². The summed E-state index contributed by atoms with van der Waals surface area (Å²) in [6.07, 6.45) is 9.27. The van der Waals surface area contributed by atoms with Gasteiger partial charge in [-0.3, -0.25) is 4.79 Å². The molecule has 2 unspecified atom stereocenters. The second-order valence-corrected chi connectivity index (χ2v) is 11.0. The molecule has 0 radical (unpaired) electrons. The number of carbonyl (C=O) groups excluding carboxylic acids is 1. The van der Waals surface area contributed by atoms with E-state index in [1.54, 1.807) is 0 Å². The number of nitrogens with zero attached hydrogens (tertiary/aromatic N) is 1. The second kappa shape index (κ2) is 9.37. The average molecular weight is 435 g/mol. The molecule has 0 bridgehead atoms. The summed E-state index contributed by atoms with van der Waals surface area (Å²) in [5, 5.41) is 0. The van der Waals surface area contributed by atoms with Crippen molar-refractivity contribution in [3.8, 4) is 0 Å². The Kier molecular flexibility index (Phi) is 6.80. The predicted molar refractivity (Wildman–Crippen MR) is 117 cm³/mol. The molecule has 1 aromatic rings. The first-order chi connectivity index (χ1) is 14.4. The van der Waals surface area contributed by atoms with Crippen LogP contribution in [0.1, 0.15) is 62.8 Å². The molecule has 2 atom stereocenters. The minimum absolute atomic E-state index is 0.116. The van der Waals surface area contributed by atoms with Crippen LogP contribution in [0.3, 0.4) is 0 Å². The summed E-state index contributed by atoms with van der Waals surface area (Å²) >= 11 is 0. The summed E-state index contributed by atoms with van der Waals surface area (Å²) in [5.41, 5.74) is 1.40. The number of rotatable bonds is 7. The Hall–Kier alpha value is -1.44. The van der Waals surface area contributed by atoms with Crippen LogP contribution in [0.5, 0.6) is 0 Å². The third-order valence-electron chi connectivity index (χ3n) is 7.10. The Morgan fingerprint density at radius 2 is 1.77 bits per heavy atom. The van der Waals surface area contributed by atoms with Crippen molar-refractivity contribution in [1.82, 2.24) is 9.62 Å². The highest BCUT2D eigenvalue weighted by Gasteiger charge is 2.42. The molecule has 6 nitrogen and oxygen atoms in total. The molecule has 1 heterocycles. The lowest BCUT2D eigenvalue weighted by molar-refractivity contribution is -0.141. The van der Waals surface area contributed by atoms with Gasteiger partial charge in [-0.25, -0.2) is 13.1 Å². The summed E-state index contributed by atoms with van der Waals surface area (Å²) in [4.78, 5) is 14.8. The summed E-state index contributed by atoms with van der Waals surface area (Å²) < 4.78 is 32.7. The van der Waals surface area contributed by atoms with Gasteiger partial charge in [0.05, 0.1) is 25.0 Å². The Morgan fingerprint density at radius 1 is 1.07 bits per heavy atom. The van der Waals surface area contributed by atoms with E-state index in [4.69, 9.17) is 4.74 Å². The van der Waals surface area contributed by atoms with Crippen LogP contribution >= 0.6 is 0 Å². The highest BCUT2D eigenvalue weighted by Crippen LogP contribution is 2.35. The van der Waals surface area contributed by atoms with E-state index >= 15 is 0 Å². The maximum atomic E-state index is 12.9. The number of benzene rings is 1. The number of sulfonamides is 1. The number of nitrogens with one attached hydrogen (secondary N) is 1. The molecule has 1 saturated heterocycles. The molecule has 2 saturated carbocycles. The zero-order valence-electron chi connectivity index (χ0n) is 17.8. The summed E-state index contributed by atoms with van der Waals surface area (Å²) in [7, 11) is -3.33. The van der Waals surface area contributed by atoms with Crippen LogP contribution in [-0.4, -0.2) is 56.8 Å². The van der Waals surface area contributed by atoms with Crippen LogP contribution in [-0.2, 0) is 19.6 Å². The first-order valence-electron chi connectivity index (χ1n) is 11.3. The molecular weight excluding hydrogens is 400 g/mol. The zero-order chi connectivity index (χ0) is 21.1. The van der Waals surface area contributed by atoms with Crippen LogP contribution in [0, 0.1) is 5.92 Å². The maximum absolute atomic E-state index is 12.9. The Labute approximate surface area is 180 Å². The van der Waals surface area contributed by atoms with Crippen molar-refractivity contribution in [3.05, 3.63) is 35.9 Å². The lowest BCUT2D eigenvalue weighted by atomic mass is 9.83. The van der Waals surface area contributed by atoms with Crippen LogP contribution in [0.15, 0.2) is 30.3 Å². The molecule has 3 aliphatic rings. The van der Waals surface area contributed by atoms with Crippen LogP contribution < -0.4 is 4.72 Å². The minimum Gasteiger partial charge on any atom is -0.376 e. The Bertz CT molecular complexity index is 817. The van der Waals surface area contributed by atoms with Gasteiger partial charge in [-0.15, -0.1) is 0 Å². The van der Waals surface area contributed by atoms with E-state index in [1.807, 2.05) is 4.90 Å². The van der Waals surface area contributed by atoms with E-state index in [0.717, 1.165) is 44.9 Å². The highest BCUT2D eigenvalue weighted by atomic mass is 32.2. The lowest BCUT2D eigenvalue weighted by Gasteiger charge is -2.35. The minimum atomic E-state index is -3.33. The van der Waals surface area contributed by atoms with Gasteiger partial charge in [-0.05, 0) is 56.4 Å². The number of ether oxygens (including phenoxy) is 1. The third-order valence-corrected chi connectivity index (χ3v) is 7.83. The Morgan fingerprint density at radius 3 is 2.37 bits per heavy atom. The van der Waals surface area contributed by atoms with Gasteiger partial charge in [0.15, 0.2) is 0 Å². The van der Waals surface area contributed by atoms with E-state index in [9.17, 15) is 13.2 Å². The van der Waals surface area contributed by atoms with Crippen molar-refractivity contribution < 1.29 is 17.9 Å². The standard InChI is InChI=1S/C23H34N2O4S/c1-30(27,28)24-21-14-15-25(23(26)19-8-5-9-19)22(21)16-29-20-12-10-18(11-13-20)17-6-3-2-4-7-17/h2-4,6-7,18-22,24H,5,8-16H2,1H3/t18-,20+,21?,22?. The van der Waals surface area contributed by atoms with E-state index in [0.29, 0.717) is 25.5 Å². The monoisotopic (exact) mass is 434 g/mol. The van der Waals surface area contributed by atoms with Crippen LogP contribution in [0.25, 0.3) is 0 Å². The molecule has 1 amide bonds. The van der Waals surface area contributed by atoms with Crippen molar-refractivity contribution in [2.24, 2.45) is 5.92 Å². The number of carbonyl (C=O) groups is 1. The zero-order valence-corrected chi connectivity index (χ0v) is 18.6. The summed E-state index contributed by atoms with van der Waals surface area (Å²) in [5.74, 6) is 0.889. The molecule has 1 aliphatic heterocycles. The van der Waals surface area contributed by atoms with Gasteiger partial charge in [0.25, 0.3) is 0 Å². The molecule has 0 aromatic heterocycles. The molecule has 2 aliphatic carbocycles. The molecule has 0 spiro atoms. The average Bonchev–Trinajstić information content (AvgIpc) is 3.07. The van der Waals surface area contributed by atoms with Gasteiger partial charge < -0.3 is 9.64 Å².